The molecule has 1 heterocycles. The minimum absolute atomic E-state index is 0.170. The van der Waals surface area contributed by atoms with Crippen molar-refractivity contribution >= 4 is 6.29 Å². The van der Waals surface area contributed by atoms with Gasteiger partial charge in [0, 0.05) is 6.42 Å². The summed E-state index contributed by atoms with van der Waals surface area (Å²) in [7, 11) is 0. The van der Waals surface area contributed by atoms with Gasteiger partial charge in [-0.2, -0.15) is 0 Å². The third-order valence-corrected chi connectivity index (χ3v) is 2.14. The molecule has 1 aliphatic rings. The predicted octanol–water partition coefficient (Wildman–Crippen LogP) is 1.90. The van der Waals surface area contributed by atoms with Crippen LogP contribution in [-0.2, 0) is 14.3 Å². The molecule has 0 N–H and O–H groups in total. The largest absolute Gasteiger partial charge is 0.347 e. The zero-order chi connectivity index (χ0) is 9.90. The van der Waals surface area contributed by atoms with Crippen molar-refractivity contribution in [3.05, 3.63) is 0 Å². The van der Waals surface area contributed by atoms with Gasteiger partial charge < -0.3 is 14.3 Å². The first-order valence-corrected chi connectivity index (χ1v) is 4.83. The van der Waals surface area contributed by atoms with Crippen LogP contribution in [0.15, 0.2) is 0 Å². The zero-order valence-electron chi connectivity index (χ0n) is 8.58. The molecular weight excluding hydrogens is 168 g/mol. The second-order valence-electron chi connectivity index (χ2n) is 4.05. The van der Waals surface area contributed by atoms with Crippen LogP contribution in [-0.4, -0.2) is 24.3 Å². The highest BCUT2D eigenvalue weighted by atomic mass is 16.7. The number of carbonyl (C=O) groups is 1. The maximum Gasteiger partial charge on any atom is 0.163 e. The van der Waals surface area contributed by atoms with Gasteiger partial charge in [0.05, 0.1) is 12.2 Å². The fourth-order valence-electron chi connectivity index (χ4n) is 1.81. The van der Waals surface area contributed by atoms with Crippen LogP contribution >= 0.6 is 0 Å². The third kappa shape index (κ3) is 3.44. The van der Waals surface area contributed by atoms with Crippen molar-refractivity contribution in [2.45, 2.75) is 58.0 Å². The van der Waals surface area contributed by atoms with Crippen molar-refractivity contribution in [2.75, 3.05) is 0 Å². The summed E-state index contributed by atoms with van der Waals surface area (Å²) in [4.78, 5) is 10.2. The Balaban J connectivity index is 2.42. The summed E-state index contributed by atoms with van der Waals surface area (Å²) in [5.41, 5.74) is 0. The molecule has 1 aliphatic heterocycles. The molecule has 3 heteroatoms. The minimum Gasteiger partial charge on any atom is -0.347 e. The smallest absolute Gasteiger partial charge is 0.163 e. The van der Waals surface area contributed by atoms with E-state index in [9.17, 15) is 4.79 Å². The summed E-state index contributed by atoms with van der Waals surface area (Å²) in [6, 6.07) is 0. The number of hydrogen-bond donors (Lipinski definition) is 0. The quantitative estimate of drug-likeness (QED) is 0.631. The van der Waals surface area contributed by atoms with E-state index < -0.39 is 5.79 Å². The van der Waals surface area contributed by atoms with Crippen LogP contribution in [0.1, 0.15) is 40.0 Å². The van der Waals surface area contributed by atoms with Crippen LogP contribution in [0.5, 0.6) is 0 Å². The maximum absolute atomic E-state index is 10.2. The molecule has 2 unspecified atom stereocenters. The number of carbonyl (C=O) groups excluding carboxylic acids is 1. The fraction of sp³-hybridized carbons (Fsp3) is 0.900. The van der Waals surface area contributed by atoms with Crippen molar-refractivity contribution < 1.29 is 14.3 Å². The molecule has 3 nitrogen and oxygen atoms in total. The summed E-state index contributed by atoms with van der Waals surface area (Å²) in [5, 5.41) is 0. The van der Waals surface area contributed by atoms with E-state index in [1.165, 1.54) is 0 Å². The Morgan fingerprint density at radius 1 is 1.46 bits per heavy atom. The van der Waals surface area contributed by atoms with E-state index in [0.717, 1.165) is 19.1 Å². The lowest BCUT2D eigenvalue weighted by Gasteiger charge is -2.39. The topological polar surface area (TPSA) is 35.5 Å². The molecule has 0 amide bonds. The SMILES string of the molecule is CC1CC(CCC=O)OC(C)(C)O1. The third-order valence-electron chi connectivity index (χ3n) is 2.14. The van der Waals surface area contributed by atoms with E-state index in [4.69, 9.17) is 9.47 Å². The van der Waals surface area contributed by atoms with Gasteiger partial charge in [0.1, 0.15) is 6.29 Å². The maximum atomic E-state index is 10.2. The number of aldehydes is 1. The second-order valence-corrected chi connectivity index (χ2v) is 4.05. The number of rotatable bonds is 3. The van der Waals surface area contributed by atoms with Gasteiger partial charge in [-0.15, -0.1) is 0 Å². The van der Waals surface area contributed by atoms with Crippen LogP contribution in [0.3, 0.4) is 0 Å². The highest BCUT2D eigenvalue weighted by molar-refractivity contribution is 5.49. The van der Waals surface area contributed by atoms with Gasteiger partial charge in [-0.05, 0) is 33.6 Å². The Morgan fingerprint density at radius 3 is 2.69 bits per heavy atom. The van der Waals surface area contributed by atoms with E-state index in [0.29, 0.717) is 6.42 Å². The van der Waals surface area contributed by atoms with Gasteiger partial charge in [-0.1, -0.05) is 0 Å². The van der Waals surface area contributed by atoms with Crippen molar-refractivity contribution in [3.63, 3.8) is 0 Å². The second kappa shape index (κ2) is 4.20. The number of ether oxygens (including phenoxy) is 2. The molecule has 0 aromatic rings. The highest BCUT2D eigenvalue weighted by Gasteiger charge is 2.32. The first-order chi connectivity index (χ1) is 6.03. The van der Waals surface area contributed by atoms with Gasteiger partial charge in [0.25, 0.3) is 0 Å². The molecule has 1 fully saturated rings. The molecule has 0 aromatic heterocycles. The van der Waals surface area contributed by atoms with Crippen molar-refractivity contribution in [1.29, 1.82) is 0 Å². The molecule has 76 valence electrons. The monoisotopic (exact) mass is 186 g/mol. The van der Waals surface area contributed by atoms with E-state index in [2.05, 4.69) is 0 Å². The first-order valence-electron chi connectivity index (χ1n) is 4.83. The summed E-state index contributed by atoms with van der Waals surface area (Å²) >= 11 is 0. The van der Waals surface area contributed by atoms with Crippen molar-refractivity contribution in [2.24, 2.45) is 0 Å². The van der Waals surface area contributed by atoms with Gasteiger partial charge >= 0.3 is 0 Å². The summed E-state index contributed by atoms with van der Waals surface area (Å²) in [6.07, 6.45) is 3.60. The van der Waals surface area contributed by atoms with E-state index in [1.807, 2.05) is 20.8 Å². The molecule has 2 atom stereocenters. The van der Waals surface area contributed by atoms with Crippen LogP contribution in [0.4, 0.5) is 0 Å². The molecule has 0 radical (unpaired) electrons. The lowest BCUT2D eigenvalue weighted by atomic mass is 10.1. The molecule has 1 saturated heterocycles. The Hall–Kier alpha value is -0.410. The Kier molecular flexibility index (Phi) is 3.45. The van der Waals surface area contributed by atoms with Gasteiger partial charge in [-0.3, -0.25) is 0 Å². The molecule has 1 rings (SSSR count). The average Bonchev–Trinajstić information content (AvgIpc) is 1.97. The van der Waals surface area contributed by atoms with Crippen LogP contribution in [0.25, 0.3) is 0 Å². The zero-order valence-corrected chi connectivity index (χ0v) is 8.58. The lowest BCUT2D eigenvalue weighted by molar-refractivity contribution is -0.296. The Bertz CT molecular complexity index is 177. The first kappa shape index (κ1) is 10.7. The molecule has 0 saturated carbocycles. The Labute approximate surface area is 79.4 Å². The molecule has 0 aliphatic carbocycles. The number of hydrogen-bond acceptors (Lipinski definition) is 3. The normalized spacial score (nSPS) is 32.8. The summed E-state index contributed by atoms with van der Waals surface area (Å²) < 4.78 is 11.2. The van der Waals surface area contributed by atoms with Crippen molar-refractivity contribution in [3.8, 4) is 0 Å². The molecule has 0 bridgehead atoms. The molecule has 13 heavy (non-hydrogen) atoms. The summed E-state index contributed by atoms with van der Waals surface area (Å²) in [5.74, 6) is -0.495. The average molecular weight is 186 g/mol. The predicted molar refractivity (Wildman–Crippen MR) is 49.4 cm³/mol. The Morgan fingerprint density at radius 2 is 2.15 bits per heavy atom. The van der Waals surface area contributed by atoms with Gasteiger partial charge in [-0.25, -0.2) is 0 Å². The van der Waals surface area contributed by atoms with Gasteiger partial charge in [0.2, 0.25) is 0 Å². The fourth-order valence-corrected chi connectivity index (χ4v) is 1.81. The summed E-state index contributed by atoms with van der Waals surface area (Å²) in [6.45, 7) is 5.87. The van der Waals surface area contributed by atoms with Crippen molar-refractivity contribution in [1.82, 2.24) is 0 Å². The lowest BCUT2D eigenvalue weighted by Crippen LogP contribution is -2.43. The van der Waals surface area contributed by atoms with E-state index in [-0.39, 0.29) is 12.2 Å². The molecule has 0 aromatic carbocycles. The van der Waals surface area contributed by atoms with Crippen LogP contribution < -0.4 is 0 Å². The van der Waals surface area contributed by atoms with Crippen LogP contribution in [0, 0.1) is 0 Å². The van der Waals surface area contributed by atoms with Crippen LogP contribution in [0.2, 0.25) is 0 Å². The van der Waals surface area contributed by atoms with Gasteiger partial charge in [0.15, 0.2) is 5.79 Å². The van der Waals surface area contributed by atoms with E-state index in [1.54, 1.807) is 0 Å². The molecule has 0 spiro atoms. The highest BCUT2D eigenvalue weighted by Crippen LogP contribution is 2.28. The van der Waals surface area contributed by atoms with E-state index >= 15 is 0 Å². The standard InChI is InChI=1S/C10H18O3/c1-8-7-9(5-4-6-11)13-10(2,3)12-8/h6,8-9H,4-5,7H2,1-3H3. The molecular formula is C10H18O3. The minimum atomic E-state index is -0.495.